The van der Waals surface area contributed by atoms with E-state index in [9.17, 15) is 0 Å². The van der Waals surface area contributed by atoms with Crippen LogP contribution in [0, 0.1) is 17.2 Å². The van der Waals surface area contributed by atoms with Gasteiger partial charge in [-0.15, -0.1) is 0 Å². The van der Waals surface area contributed by atoms with Gasteiger partial charge in [-0.1, -0.05) is 11.6 Å². The summed E-state index contributed by atoms with van der Waals surface area (Å²) in [4.78, 5) is 4.04. The average molecular weight is 294 g/mol. The first-order chi connectivity index (χ1) is 9.26. The number of imidazole rings is 1. The predicted molar refractivity (Wildman–Crippen MR) is 74.2 cm³/mol. The van der Waals surface area contributed by atoms with Crippen LogP contribution in [-0.2, 0) is 6.54 Å². The minimum Gasteiger partial charge on any atom is -0.372 e. The van der Waals surface area contributed by atoms with E-state index in [1.807, 2.05) is 12.5 Å². The molecule has 0 radical (unpaired) electrons. The van der Waals surface area contributed by atoms with Crippen LogP contribution in [0.3, 0.4) is 0 Å². The molecule has 2 aromatic rings. The summed E-state index contributed by atoms with van der Waals surface area (Å²) in [5.74, 6) is 0.667. The summed E-state index contributed by atoms with van der Waals surface area (Å²) < 4.78 is 6.09. The van der Waals surface area contributed by atoms with Crippen molar-refractivity contribution in [2.24, 2.45) is 5.92 Å². The van der Waals surface area contributed by atoms with Crippen LogP contribution in [0.2, 0.25) is 5.15 Å². The second-order valence-electron chi connectivity index (χ2n) is 4.73. The fourth-order valence-corrected chi connectivity index (χ4v) is 3.36. The quantitative estimate of drug-likeness (QED) is 0.941. The summed E-state index contributed by atoms with van der Waals surface area (Å²) in [6.45, 7) is 1.01. The zero-order valence-corrected chi connectivity index (χ0v) is 11.7. The van der Waals surface area contributed by atoms with Gasteiger partial charge in [-0.2, -0.15) is 9.64 Å². The highest BCUT2D eigenvalue weighted by atomic mass is 35.5. The molecule has 1 aliphatic rings. The van der Waals surface area contributed by atoms with Crippen LogP contribution in [0.25, 0.3) is 0 Å². The molecule has 98 valence electrons. The summed E-state index contributed by atoms with van der Waals surface area (Å²) in [6.07, 6.45) is 7.82. The van der Waals surface area contributed by atoms with Crippen LogP contribution in [-0.4, -0.2) is 20.0 Å². The van der Waals surface area contributed by atoms with Gasteiger partial charge in [0.15, 0.2) is 5.15 Å². The van der Waals surface area contributed by atoms with Gasteiger partial charge in [0.1, 0.15) is 16.6 Å². The van der Waals surface area contributed by atoms with Crippen molar-refractivity contribution >= 4 is 28.1 Å². The second-order valence-corrected chi connectivity index (χ2v) is 5.86. The number of nitrogens with one attached hydrogen (secondary N) is 1. The van der Waals surface area contributed by atoms with Crippen LogP contribution in [0.1, 0.15) is 18.4 Å². The van der Waals surface area contributed by atoms with Crippen molar-refractivity contribution in [3.63, 3.8) is 0 Å². The molecule has 1 N–H and O–H groups in total. The number of hydrogen-bond acceptors (Lipinski definition) is 5. The van der Waals surface area contributed by atoms with E-state index < -0.39 is 0 Å². The Morgan fingerprint density at radius 3 is 3.11 bits per heavy atom. The van der Waals surface area contributed by atoms with E-state index in [2.05, 4.69) is 25.3 Å². The molecule has 2 heterocycles. The Labute approximate surface area is 120 Å². The number of anilines is 1. The number of rotatable bonds is 4. The molecule has 0 bridgehead atoms. The Morgan fingerprint density at radius 2 is 2.42 bits per heavy atom. The molecule has 19 heavy (non-hydrogen) atoms. The van der Waals surface area contributed by atoms with Crippen molar-refractivity contribution in [2.75, 3.05) is 5.32 Å². The lowest BCUT2D eigenvalue weighted by Crippen LogP contribution is -2.37. The van der Waals surface area contributed by atoms with E-state index in [0.29, 0.717) is 22.7 Å². The Bertz CT molecular complexity index is 594. The molecular formula is C12H12ClN5S. The summed E-state index contributed by atoms with van der Waals surface area (Å²) in [5.41, 5.74) is 0.463. The molecule has 0 unspecified atom stereocenters. The minimum absolute atomic E-state index is 0.296. The number of aromatic nitrogens is 3. The lowest BCUT2D eigenvalue weighted by atomic mass is 9.80. The van der Waals surface area contributed by atoms with Crippen LogP contribution in [0.4, 0.5) is 5.00 Å². The second kappa shape index (κ2) is 5.19. The molecule has 0 saturated heterocycles. The Balaban J connectivity index is 1.53. The third kappa shape index (κ3) is 2.57. The molecule has 0 atom stereocenters. The van der Waals surface area contributed by atoms with Crippen molar-refractivity contribution in [3.05, 3.63) is 29.4 Å². The molecule has 0 aromatic carbocycles. The third-order valence-corrected chi connectivity index (χ3v) is 4.51. The number of nitrogens with zero attached hydrogens (tertiary/aromatic N) is 4. The first kappa shape index (κ1) is 12.5. The lowest BCUT2D eigenvalue weighted by molar-refractivity contribution is 0.249. The SMILES string of the molecule is N#Cc1c(Cl)nsc1NC1CC(Cn2ccnc2)C1. The maximum Gasteiger partial charge on any atom is 0.162 e. The van der Waals surface area contributed by atoms with Gasteiger partial charge < -0.3 is 9.88 Å². The van der Waals surface area contributed by atoms with Crippen LogP contribution < -0.4 is 5.32 Å². The fourth-order valence-electron chi connectivity index (χ4n) is 2.35. The summed E-state index contributed by atoms with van der Waals surface area (Å²) in [7, 11) is 0. The maximum absolute atomic E-state index is 9.00. The molecule has 0 spiro atoms. The molecule has 1 saturated carbocycles. The van der Waals surface area contributed by atoms with Crippen LogP contribution in [0.15, 0.2) is 18.7 Å². The van der Waals surface area contributed by atoms with Gasteiger partial charge in [0.2, 0.25) is 0 Å². The molecule has 1 fully saturated rings. The molecule has 7 heteroatoms. The minimum atomic E-state index is 0.296. The van der Waals surface area contributed by atoms with Crippen molar-refractivity contribution in [1.82, 2.24) is 13.9 Å². The van der Waals surface area contributed by atoms with Gasteiger partial charge in [0.25, 0.3) is 0 Å². The summed E-state index contributed by atoms with van der Waals surface area (Å²) >= 11 is 7.09. The molecular weight excluding hydrogens is 282 g/mol. The zero-order chi connectivity index (χ0) is 13.2. The molecule has 3 rings (SSSR count). The van der Waals surface area contributed by atoms with Gasteiger partial charge in [-0.25, -0.2) is 4.98 Å². The molecule has 1 aliphatic carbocycles. The molecule has 0 amide bonds. The summed E-state index contributed by atoms with van der Waals surface area (Å²) in [6, 6.07) is 2.50. The highest BCUT2D eigenvalue weighted by molar-refractivity contribution is 7.10. The first-order valence-electron chi connectivity index (χ1n) is 6.04. The predicted octanol–water partition coefficient (Wildman–Crippen LogP) is 2.76. The maximum atomic E-state index is 9.00. The van der Waals surface area contributed by atoms with Crippen LogP contribution >= 0.6 is 23.1 Å². The standard InChI is InChI=1S/C12H12ClN5S/c13-11-10(5-14)12(19-17-11)16-9-3-8(4-9)6-18-2-1-15-7-18/h1-2,7-9,16H,3-4,6H2. The Hall–Kier alpha value is -1.58. The highest BCUT2D eigenvalue weighted by Crippen LogP contribution is 2.35. The van der Waals surface area contributed by atoms with E-state index in [-0.39, 0.29) is 0 Å². The van der Waals surface area contributed by atoms with E-state index >= 15 is 0 Å². The van der Waals surface area contributed by atoms with Crippen molar-refractivity contribution in [1.29, 1.82) is 5.26 Å². The van der Waals surface area contributed by atoms with E-state index in [4.69, 9.17) is 16.9 Å². The third-order valence-electron chi connectivity index (χ3n) is 3.36. The van der Waals surface area contributed by atoms with E-state index in [1.165, 1.54) is 11.5 Å². The van der Waals surface area contributed by atoms with Gasteiger partial charge in [0, 0.05) is 25.0 Å². The van der Waals surface area contributed by atoms with Crippen LogP contribution in [0.5, 0.6) is 0 Å². The first-order valence-corrected chi connectivity index (χ1v) is 7.19. The number of hydrogen-bond donors (Lipinski definition) is 1. The van der Waals surface area contributed by atoms with Crippen molar-refractivity contribution < 1.29 is 0 Å². The largest absolute Gasteiger partial charge is 0.372 e. The van der Waals surface area contributed by atoms with Gasteiger partial charge in [0.05, 0.1) is 6.33 Å². The Kier molecular flexibility index (Phi) is 3.40. The molecule has 5 nitrogen and oxygen atoms in total. The van der Waals surface area contributed by atoms with Crippen molar-refractivity contribution in [3.8, 4) is 6.07 Å². The van der Waals surface area contributed by atoms with Gasteiger partial charge in [-0.3, -0.25) is 0 Å². The van der Waals surface area contributed by atoms with E-state index in [1.54, 1.807) is 6.20 Å². The normalized spacial score (nSPS) is 21.7. The number of halogens is 1. The fraction of sp³-hybridized carbons (Fsp3) is 0.417. The smallest absolute Gasteiger partial charge is 0.162 e. The topological polar surface area (TPSA) is 66.5 Å². The monoisotopic (exact) mass is 293 g/mol. The molecule has 2 aromatic heterocycles. The van der Waals surface area contributed by atoms with Crippen molar-refractivity contribution in [2.45, 2.75) is 25.4 Å². The highest BCUT2D eigenvalue weighted by Gasteiger charge is 2.30. The average Bonchev–Trinajstić information content (AvgIpc) is 2.96. The van der Waals surface area contributed by atoms with Gasteiger partial charge >= 0.3 is 0 Å². The lowest BCUT2D eigenvalue weighted by Gasteiger charge is -2.36. The zero-order valence-electron chi connectivity index (χ0n) is 10.1. The summed E-state index contributed by atoms with van der Waals surface area (Å²) in [5, 5.41) is 13.4. The molecule has 0 aliphatic heterocycles. The van der Waals surface area contributed by atoms with Gasteiger partial charge in [-0.05, 0) is 30.3 Å². The van der Waals surface area contributed by atoms with E-state index in [0.717, 1.165) is 24.4 Å². The number of nitriles is 1. The Morgan fingerprint density at radius 1 is 1.58 bits per heavy atom.